The molecule has 0 aliphatic rings. The van der Waals surface area contributed by atoms with Crippen molar-refractivity contribution in [3.8, 4) is 16.3 Å². The molecule has 0 radical (unpaired) electrons. The summed E-state index contributed by atoms with van der Waals surface area (Å²) in [4.78, 5) is 4.70. The molecule has 0 unspecified atom stereocenters. The highest BCUT2D eigenvalue weighted by Gasteiger charge is 2.30. The van der Waals surface area contributed by atoms with Crippen LogP contribution in [0.15, 0.2) is 59.1 Å². The van der Waals surface area contributed by atoms with Gasteiger partial charge in [0.05, 0.1) is 11.3 Å². The van der Waals surface area contributed by atoms with Crippen LogP contribution >= 0.6 is 23.1 Å². The number of benzene rings is 2. The molecule has 10 heteroatoms. The van der Waals surface area contributed by atoms with Gasteiger partial charge in [0.2, 0.25) is 0 Å². The third-order valence-corrected chi connectivity index (χ3v) is 6.61. The van der Waals surface area contributed by atoms with Gasteiger partial charge in [0, 0.05) is 23.7 Å². The van der Waals surface area contributed by atoms with Crippen LogP contribution in [0.2, 0.25) is 0 Å². The number of rotatable bonds is 7. The Balaban J connectivity index is 1.37. The molecule has 2 aromatic heterocycles. The first kappa shape index (κ1) is 22.3. The van der Waals surface area contributed by atoms with Gasteiger partial charge in [-0.3, -0.25) is 0 Å². The summed E-state index contributed by atoms with van der Waals surface area (Å²) in [5.74, 6) is 1.27. The predicted molar refractivity (Wildman–Crippen MR) is 119 cm³/mol. The van der Waals surface area contributed by atoms with E-state index < -0.39 is 11.7 Å². The average Bonchev–Trinajstić information content (AvgIpc) is 3.37. The summed E-state index contributed by atoms with van der Waals surface area (Å²) in [6.07, 6.45) is -4.41. The van der Waals surface area contributed by atoms with E-state index in [9.17, 15) is 13.2 Å². The zero-order valence-corrected chi connectivity index (χ0v) is 18.9. The summed E-state index contributed by atoms with van der Waals surface area (Å²) in [6.45, 7) is 2.07. The van der Waals surface area contributed by atoms with Crippen molar-refractivity contribution < 1.29 is 17.9 Å². The van der Waals surface area contributed by atoms with Gasteiger partial charge in [0.25, 0.3) is 0 Å². The van der Waals surface area contributed by atoms with E-state index in [1.807, 2.05) is 17.5 Å². The first-order valence-electron chi connectivity index (χ1n) is 9.62. The molecule has 2 heterocycles. The lowest BCUT2D eigenvalue weighted by Gasteiger charge is -2.10. The van der Waals surface area contributed by atoms with Crippen LogP contribution in [0.1, 0.15) is 22.6 Å². The van der Waals surface area contributed by atoms with E-state index in [0.717, 1.165) is 28.4 Å². The lowest BCUT2D eigenvalue weighted by atomic mass is 10.1. The average molecular weight is 477 g/mol. The number of hydrogen-bond acceptors (Lipinski definition) is 6. The molecule has 5 nitrogen and oxygen atoms in total. The maximum Gasteiger partial charge on any atom is 0.416 e. The van der Waals surface area contributed by atoms with Crippen LogP contribution in [0.25, 0.3) is 10.6 Å². The molecule has 4 rings (SSSR count). The molecule has 4 aromatic rings. The van der Waals surface area contributed by atoms with Crippen molar-refractivity contribution in [1.29, 1.82) is 0 Å². The van der Waals surface area contributed by atoms with E-state index in [4.69, 9.17) is 9.72 Å². The summed E-state index contributed by atoms with van der Waals surface area (Å²) >= 11 is 3.09. The molecule has 0 atom stereocenters. The molecule has 32 heavy (non-hydrogen) atoms. The maximum atomic E-state index is 12.8. The lowest BCUT2D eigenvalue weighted by Crippen LogP contribution is -2.07. The Morgan fingerprint density at radius 1 is 1.09 bits per heavy atom. The van der Waals surface area contributed by atoms with E-state index >= 15 is 0 Å². The fourth-order valence-corrected chi connectivity index (χ4v) is 4.67. The Morgan fingerprint density at radius 3 is 2.69 bits per heavy atom. The third-order valence-electron chi connectivity index (χ3n) is 4.62. The topological polar surface area (TPSA) is 52.8 Å². The van der Waals surface area contributed by atoms with E-state index in [-0.39, 0.29) is 12.4 Å². The van der Waals surface area contributed by atoms with Gasteiger partial charge >= 0.3 is 6.18 Å². The second-order valence-electron chi connectivity index (χ2n) is 7.07. The number of nitrogens with zero attached hydrogens (tertiary/aromatic N) is 4. The van der Waals surface area contributed by atoms with E-state index in [1.165, 1.54) is 29.5 Å². The Labute approximate surface area is 191 Å². The molecular formula is C22H19F3N4OS2. The molecule has 0 fully saturated rings. The summed E-state index contributed by atoms with van der Waals surface area (Å²) in [5, 5.41) is 11.9. The normalized spacial score (nSPS) is 11.7. The van der Waals surface area contributed by atoms with Gasteiger partial charge in [-0.2, -0.15) is 13.2 Å². The maximum absolute atomic E-state index is 12.8. The first-order valence-corrected chi connectivity index (χ1v) is 11.5. The van der Waals surface area contributed by atoms with Crippen LogP contribution in [-0.4, -0.2) is 19.7 Å². The fourth-order valence-electron chi connectivity index (χ4n) is 2.93. The molecule has 0 bridgehead atoms. The van der Waals surface area contributed by atoms with Gasteiger partial charge in [-0.25, -0.2) is 4.98 Å². The monoisotopic (exact) mass is 476 g/mol. The number of thioether (sulfide) groups is 1. The van der Waals surface area contributed by atoms with Crippen LogP contribution < -0.4 is 4.74 Å². The second-order valence-corrected chi connectivity index (χ2v) is 8.87. The highest BCUT2D eigenvalue weighted by molar-refractivity contribution is 7.98. The molecule has 0 N–H and O–H groups in total. The number of thiazole rings is 1. The standard InChI is InChI=1S/C22H19F3N4OS2/c1-14-5-3-6-15(9-14)20-26-17(12-31-20)13-32-21-28-27-19(29(21)2)11-30-18-8-4-7-16(10-18)22(23,24)25/h3-10,12H,11,13H2,1-2H3. The Morgan fingerprint density at radius 2 is 1.91 bits per heavy atom. The van der Waals surface area contributed by atoms with Crippen LogP contribution in [0.4, 0.5) is 13.2 Å². The lowest BCUT2D eigenvalue weighted by molar-refractivity contribution is -0.137. The SMILES string of the molecule is Cc1cccc(-c2nc(CSc3nnc(COc4cccc(C(F)(F)F)c4)n3C)cs2)c1. The number of halogens is 3. The van der Waals surface area contributed by atoms with Crippen molar-refractivity contribution in [2.75, 3.05) is 0 Å². The van der Waals surface area contributed by atoms with Crippen LogP contribution in [0.5, 0.6) is 5.75 Å². The minimum absolute atomic E-state index is 0.0135. The van der Waals surface area contributed by atoms with E-state index in [2.05, 4.69) is 29.3 Å². The molecule has 0 saturated heterocycles. The Kier molecular flexibility index (Phi) is 6.52. The summed E-state index contributed by atoms with van der Waals surface area (Å²) < 4.78 is 45.8. The Bertz CT molecular complexity index is 1220. The smallest absolute Gasteiger partial charge is 0.416 e. The molecule has 0 saturated carbocycles. The quantitative estimate of drug-likeness (QED) is 0.300. The van der Waals surface area contributed by atoms with E-state index in [0.29, 0.717) is 16.7 Å². The van der Waals surface area contributed by atoms with Crippen LogP contribution in [-0.2, 0) is 25.6 Å². The van der Waals surface area contributed by atoms with Gasteiger partial charge in [-0.1, -0.05) is 41.6 Å². The van der Waals surface area contributed by atoms with Crippen molar-refractivity contribution in [1.82, 2.24) is 19.7 Å². The minimum atomic E-state index is -4.41. The zero-order chi connectivity index (χ0) is 22.7. The van der Waals surface area contributed by atoms with Crippen molar-refractivity contribution in [2.24, 2.45) is 7.05 Å². The molecule has 2 aromatic carbocycles. The van der Waals surface area contributed by atoms with Crippen LogP contribution in [0.3, 0.4) is 0 Å². The summed E-state index contributed by atoms with van der Waals surface area (Å²) in [6, 6.07) is 13.0. The third kappa shape index (κ3) is 5.31. The van der Waals surface area contributed by atoms with E-state index in [1.54, 1.807) is 23.0 Å². The largest absolute Gasteiger partial charge is 0.486 e. The molecule has 0 amide bonds. The Hall–Kier alpha value is -2.85. The van der Waals surface area contributed by atoms with Crippen LogP contribution in [0, 0.1) is 6.92 Å². The fraction of sp³-hybridized carbons (Fsp3) is 0.227. The van der Waals surface area contributed by atoms with Crippen molar-refractivity contribution in [3.05, 3.63) is 76.6 Å². The number of alkyl halides is 3. The van der Waals surface area contributed by atoms with Crippen molar-refractivity contribution >= 4 is 23.1 Å². The molecule has 0 spiro atoms. The van der Waals surface area contributed by atoms with Gasteiger partial charge in [-0.05, 0) is 31.2 Å². The van der Waals surface area contributed by atoms with Crippen molar-refractivity contribution in [3.63, 3.8) is 0 Å². The highest BCUT2D eigenvalue weighted by Crippen LogP contribution is 2.32. The molecular weight excluding hydrogens is 457 g/mol. The summed E-state index contributed by atoms with van der Waals surface area (Å²) in [5.41, 5.74) is 2.48. The second kappa shape index (κ2) is 9.33. The zero-order valence-electron chi connectivity index (χ0n) is 17.3. The highest BCUT2D eigenvalue weighted by atomic mass is 32.2. The molecule has 0 aliphatic carbocycles. The van der Waals surface area contributed by atoms with Gasteiger partial charge in [0.1, 0.15) is 17.4 Å². The molecule has 0 aliphatic heterocycles. The first-order chi connectivity index (χ1) is 15.3. The summed E-state index contributed by atoms with van der Waals surface area (Å²) in [7, 11) is 1.80. The van der Waals surface area contributed by atoms with Gasteiger partial charge in [-0.15, -0.1) is 21.5 Å². The number of ether oxygens (including phenoxy) is 1. The van der Waals surface area contributed by atoms with Crippen molar-refractivity contribution in [2.45, 2.75) is 30.6 Å². The van der Waals surface area contributed by atoms with Gasteiger partial charge < -0.3 is 9.30 Å². The van der Waals surface area contributed by atoms with Gasteiger partial charge in [0.15, 0.2) is 11.0 Å². The molecule has 166 valence electrons. The number of aryl methyl sites for hydroxylation is 1. The predicted octanol–water partition coefficient (Wildman–Crippen LogP) is 6.14. The number of hydrogen-bond donors (Lipinski definition) is 0. The minimum Gasteiger partial charge on any atom is -0.486 e. The number of aromatic nitrogens is 4.